The second kappa shape index (κ2) is 8.24. The second-order valence-electron chi connectivity index (χ2n) is 2.49. The van der Waals surface area contributed by atoms with Gasteiger partial charge in [0.1, 0.15) is 0 Å². The average Bonchev–Trinajstić information content (AvgIpc) is 2.01. The lowest BCUT2D eigenvalue weighted by Gasteiger charge is -2.09. The molecular weight excluding hydrogens is 160 g/mol. The Morgan fingerprint density at radius 1 is 1.55 bits per heavy atom. The van der Waals surface area contributed by atoms with Crippen LogP contribution in [0.5, 0.6) is 0 Å². The third-order valence-electron chi connectivity index (χ3n) is 1.55. The van der Waals surface area contributed by atoms with Crippen LogP contribution in [0.2, 0.25) is 0 Å². The largest absolute Gasteiger partial charge is 0.385 e. The van der Waals surface area contributed by atoms with Crippen molar-refractivity contribution in [1.82, 2.24) is 0 Å². The Morgan fingerprint density at radius 2 is 2.27 bits per heavy atom. The van der Waals surface area contributed by atoms with Gasteiger partial charge in [-0.15, -0.1) is 0 Å². The summed E-state index contributed by atoms with van der Waals surface area (Å²) in [5, 5.41) is 9.16. The van der Waals surface area contributed by atoms with Crippen LogP contribution in [0.4, 0.5) is 0 Å². The molecule has 1 unspecified atom stereocenters. The average molecular weight is 178 g/mol. The maximum atomic E-state index is 8.58. The summed E-state index contributed by atoms with van der Waals surface area (Å²) in [6.07, 6.45) is 3.39. The van der Waals surface area contributed by atoms with Crippen LogP contribution in [0.15, 0.2) is 0 Å². The summed E-state index contributed by atoms with van der Waals surface area (Å²) in [5.74, 6) is 0. The van der Waals surface area contributed by atoms with Gasteiger partial charge in [0.05, 0.1) is 5.55 Å². The van der Waals surface area contributed by atoms with Gasteiger partial charge in [0.2, 0.25) is 0 Å². The fourth-order valence-electron chi connectivity index (χ4n) is 0.975. The minimum absolute atomic E-state index is 0.574. The first-order valence-corrected chi connectivity index (χ1v) is 5.03. The number of aliphatic hydroxyl groups is 1. The molecule has 0 fully saturated rings. The molecule has 0 heterocycles. The predicted molar refractivity (Wildman–Crippen MR) is 52.9 cm³/mol. The highest BCUT2D eigenvalue weighted by molar-refractivity contribution is 7.97. The van der Waals surface area contributed by atoms with Gasteiger partial charge in [0.25, 0.3) is 0 Å². The van der Waals surface area contributed by atoms with Crippen molar-refractivity contribution in [3.63, 3.8) is 0 Å². The van der Waals surface area contributed by atoms with Gasteiger partial charge in [0.15, 0.2) is 0 Å². The van der Waals surface area contributed by atoms with Crippen LogP contribution in [0, 0.1) is 0 Å². The summed E-state index contributed by atoms with van der Waals surface area (Å²) in [6.45, 7) is 2.96. The van der Waals surface area contributed by atoms with E-state index in [2.05, 4.69) is 6.92 Å². The summed E-state index contributed by atoms with van der Waals surface area (Å²) >= 11 is 1.03. The van der Waals surface area contributed by atoms with Crippen LogP contribution < -0.4 is 0 Å². The zero-order valence-corrected chi connectivity index (χ0v) is 8.18. The number of hydrogen-bond acceptors (Lipinski definition) is 1. The van der Waals surface area contributed by atoms with E-state index in [0.29, 0.717) is 5.25 Å². The molecule has 0 aromatic carbocycles. The van der Waals surface area contributed by atoms with E-state index in [9.17, 15) is 0 Å². The Kier molecular flexibility index (Phi) is 8.34. The maximum Gasteiger partial charge on any atom is 0.0563 e. The van der Waals surface area contributed by atoms with Crippen LogP contribution in [0.3, 0.4) is 0 Å². The van der Waals surface area contributed by atoms with E-state index in [1.807, 2.05) is 0 Å². The Labute approximate surface area is 72.5 Å². The van der Waals surface area contributed by atoms with Gasteiger partial charge in [-0.1, -0.05) is 13.3 Å². The minimum atomic E-state index is 0.574. The van der Waals surface area contributed by atoms with Gasteiger partial charge in [-0.3, -0.25) is 0 Å². The quantitative estimate of drug-likeness (QED) is 0.481. The van der Waals surface area contributed by atoms with Crippen molar-refractivity contribution in [2.24, 2.45) is 0 Å². The van der Waals surface area contributed by atoms with Crippen molar-refractivity contribution in [2.75, 3.05) is 13.7 Å². The highest BCUT2D eigenvalue weighted by atomic mass is 32.1. The molecule has 0 saturated heterocycles. The molecule has 0 spiro atoms. The predicted octanol–water partition coefficient (Wildman–Crippen LogP) is 1.97. The zero-order chi connectivity index (χ0) is 8.53. The van der Waals surface area contributed by atoms with E-state index < -0.39 is 0 Å². The van der Waals surface area contributed by atoms with E-state index in [-0.39, 0.29) is 0 Å². The lowest BCUT2D eigenvalue weighted by atomic mass is 10.2. The van der Waals surface area contributed by atoms with Gasteiger partial charge in [0, 0.05) is 19.0 Å². The monoisotopic (exact) mass is 178 g/mol. The Hall–Kier alpha value is 0.140. The molecule has 0 aromatic rings. The number of thiol groups is 1. The summed E-state index contributed by atoms with van der Waals surface area (Å²) < 4.78 is 4.97. The molecule has 1 atom stereocenters. The summed E-state index contributed by atoms with van der Waals surface area (Å²) in [7, 11) is 1.71. The smallest absolute Gasteiger partial charge is 0.0563 e. The molecule has 0 saturated carbocycles. The van der Waals surface area contributed by atoms with Crippen LogP contribution in [0.1, 0.15) is 26.2 Å². The summed E-state index contributed by atoms with van der Waals surface area (Å²) in [5.41, 5.74) is 1.23. The molecule has 2 nitrogen and oxygen atoms in total. The van der Waals surface area contributed by atoms with Crippen molar-refractivity contribution >= 4 is 16.9 Å². The number of rotatable bonds is 6. The molecule has 0 aliphatic rings. The zero-order valence-electron chi connectivity index (χ0n) is 7.29. The van der Waals surface area contributed by atoms with Crippen LogP contribution in [0.25, 0.3) is 0 Å². The number of ether oxygens (including phenoxy) is 1. The molecule has 11 heavy (non-hydrogen) atoms. The van der Waals surface area contributed by atoms with Gasteiger partial charge >= 0.3 is 0 Å². The minimum Gasteiger partial charge on any atom is -0.385 e. The van der Waals surface area contributed by atoms with Crippen molar-refractivity contribution in [3.05, 3.63) is 0 Å². The number of methoxy groups -OCH3 is 1. The third kappa shape index (κ3) is 6.53. The normalized spacial score (nSPS) is 14.8. The molecule has 0 bridgehead atoms. The van der Waals surface area contributed by atoms with Crippen molar-refractivity contribution in [3.8, 4) is 0 Å². The highest BCUT2D eigenvalue weighted by Crippen LogP contribution is 2.12. The molecule has 0 aliphatic heterocycles. The Balaban J connectivity index is 3.51. The fraction of sp³-hybridized carbons (Fsp3) is 0.875. The van der Waals surface area contributed by atoms with E-state index in [0.717, 1.165) is 24.4 Å². The molecule has 0 radical (unpaired) electrons. The van der Waals surface area contributed by atoms with E-state index in [1.165, 1.54) is 18.4 Å². The molecule has 68 valence electrons. The van der Waals surface area contributed by atoms with Crippen molar-refractivity contribution < 1.29 is 9.84 Å². The van der Waals surface area contributed by atoms with Crippen molar-refractivity contribution in [2.45, 2.75) is 31.4 Å². The van der Waals surface area contributed by atoms with Crippen molar-refractivity contribution in [1.29, 1.82) is 0 Å². The second-order valence-corrected chi connectivity index (χ2v) is 3.75. The highest BCUT2D eigenvalue weighted by Gasteiger charge is 2.01. The van der Waals surface area contributed by atoms with E-state index >= 15 is 0 Å². The van der Waals surface area contributed by atoms with Crippen LogP contribution in [-0.4, -0.2) is 29.6 Å². The standard InChI is InChI=1S/C8H18O2S/c1-3-4-8(11-7-9)5-6-10-2/h7-9,11H,3-6H2,1-2H3. The number of aliphatic hydroxyl groups excluding tert-OH is 1. The van der Waals surface area contributed by atoms with Gasteiger partial charge in [-0.25, -0.2) is 0 Å². The molecule has 0 rings (SSSR count). The molecule has 3 heteroatoms. The fourth-order valence-corrected chi connectivity index (χ4v) is 1.83. The first-order chi connectivity index (χ1) is 5.35. The molecule has 1 N–H and O–H groups in total. The molecular formula is C8H18O2S. The molecule has 0 aliphatic carbocycles. The van der Waals surface area contributed by atoms with Gasteiger partial charge in [-0.05, 0) is 12.8 Å². The Bertz CT molecular complexity index is 104. The first kappa shape index (κ1) is 11.1. The lowest BCUT2D eigenvalue weighted by Crippen LogP contribution is -2.04. The third-order valence-corrected chi connectivity index (χ3v) is 2.63. The molecule has 0 aromatic heterocycles. The summed E-state index contributed by atoms with van der Waals surface area (Å²) in [4.78, 5) is 0. The van der Waals surface area contributed by atoms with Crippen LogP contribution in [-0.2, 0) is 4.74 Å². The molecule has 0 amide bonds. The Morgan fingerprint density at radius 3 is 2.73 bits per heavy atom. The maximum absolute atomic E-state index is 8.58. The van der Waals surface area contributed by atoms with E-state index in [1.54, 1.807) is 7.11 Å². The van der Waals surface area contributed by atoms with Gasteiger partial charge < -0.3 is 9.84 Å². The lowest BCUT2D eigenvalue weighted by molar-refractivity contribution is 0.193. The first-order valence-electron chi connectivity index (χ1n) is 4.00. The topological polar surface area (TPSA) is 29.5 Å². The van der Waals surface area contributed by atoms with E-state index in [4.69, 9.17) is 9.84 Å². The SMILES string of the molecule is CCCC(CCOC)[SH]=CO. The summed E-state index contributed by atoms with van der Waals surface area (Å²) in [6, 6.07) is 0. The number of hydrogen-bond donors (Lipinski definition) is 2. The van der Waals surface area contributed by atoms with Gasteiger partial charge in [-0.2, -0.15) is 11.4 Å². The van der Waals surface area contributed by atoms with Crippen LogP contribution >= 0.6 is 11.4 Å².